The molecule has 0 aromatic heterocycles. The number of rotatable bonds is 7. The first-order chi connectivity index (χ1) is 13.5. The van der Waals surface area contributed by atoms with Crippen molar-refractivity contribution in [2.75, 3.05) is 6.54 Å². The largest absolute Gasteiger partial charge is 0.349 e. The Balaban J connectivity index is 1.45. The van der Waals surface area contributed by atoms with Gasteiger partial charge in [-0.15, -0.1) is 0 Å². The topological polar surface area (TPSA) is 75.3 Å². The summed E-state index contributed by atoms with van der Waals surface area (Å²) in [5, 5.41) is 3.11. The van der Waals surface area contributed by atoms with Crippen molar-refractivity contribution in [1.29, 1.82) is 0 Å². The van der Waals surface area contributed by atoms with Crippen LogP contribution >= 0.6 is 0 Å². The highest BCUT2D eigenvalue weighted by Crippen LogP contribution is 2.29. The summed E-state index contributed by atoms with van der Waals surface area (Å²) in [6, 6.07) is 18.3. The van der Waals surface area contributed by atoms with Crippen LogP contribution in [0.4, 0.5) is 0 Å². The fraction of sp³-hybridized carbons (Fsp3) is 0.409. The molecule has 1 aliphatic rings. The van der Waals surface area contributed by atoms with Gasteiger partial charge in [0.15, 0.2) is 0 Å². The van der Waals surface area contributed by atoms with E-state index in [4.69, 9.17) is 0 Å². The monoisotopic (exact) mass is 400 g/mol. The Kier molecular flexibility index (Phi) is 6.86. The third-order valence-electron chi connectivity index (χ3n) is 5.49. The summed E-state index contributed by atoms with van der Waals surface area (Å²) in [6.45, 7) is 2.42. The average Bonchev–Trinajstić information content (AvgIpc) is 2.74. The van der Waals surface area contributed by atoms with E-state index in [0.29, 0.717) is 6.54 Å². The first kappa shape index (κ1) is 20.6. The highest BCUT2D eigenvalue weighted by atomic mass is 32.2. The first-order valence-electron chi connectivity index (χ1n) is 9.86. The molecule has 5 nitrogen and oxygen atoms in total. The minimum absolute atomic E-state index is 0.00754. The van der Waals surface area contributed by atoms with Gasteiger partial charge in [-0.2, -0.15) is 0 Å². The fourth-order valence-corrected chi connectivity index (χ4v) is 4.83. The van der Waals surface area contributed by atoms with E-state index in [0.717, 1.165) is 31.2 Å². The molecule has 2 N–H and O–H groups in total. The van der Waals surface area contributed by atoms with Gasteiger partial charge in [0.05, 0.1) is 10.9 Å². The van der Waals surface area contributed by atoms with Crippen LogP contribution in [-0.2, 0) is 14.8 Å². The van der Waals surface area contributed by atoms with Crippen molar-refractivity contribution >= 4 is 15.9 Å². The molecule has 1 atom stereocenters. The molecule has 1 fully saturated rings. The number of nitrogens with one attached hydrogen (secondary N) is 2. The van der Waals surface area contributed by atoms with Crippen LogP contribution in [0, 0.1) is 11.8 Å². The molecular formula is C22H28N2O3S. The molecule has 0 heterocycles. The summed E-state index contributed by atoms with van der Waals surface area (Å²) in [5.74, 6) is 0.377. The number of sulfonamides is 1. The zero-order chi connectivity index (χ0) is 20.0. The maximum absolute atomic E-state index is 12.6. The quantitative estimate of drug-likeness (QED) is 0.745. The Hall–Kier alpha value is -2.18. The predicted octanol–water partition coefficient (Wildman–Crippen LogP) is 3.65. The third-order valence-corrected chi connectivity index (χ3v) is 6.93. The van der Waals surface area contributed by atoms with Crippen LogP contribution in [0.3, 0.4) is 0 Å². The van der Waals surface area contributed by atoms with Gasteiger partial charge in [0.2, 0.25) is 15.9 Å². The van der Waals surface area contributed by atoms with E-state index in [1.165, 1.54) is 0 Å². The predicted molar refractivity (Wildman–Crippen MR) is 110 cm³/mol. The van der Waals surface area contributed by atoms with Crippen molar-refractivity contribution in [3.8, 4) is 0 Å². The average molecular weight is 401 g/mol. The molecule has 0 aliphatic heterocycles. The van der Waals surface area contributed by atoms with Crippen molar-refractivity contribution in [3.63, 3.8) is 0 Å². The Bertz CT molecular complexity index is 861. The molecular weight excluding hydrogens is 372 g/mol. The van der Waals surface area contributed by atoms with Crippen LogP contribution in [0.1, 0.15) is 44.2 Å². The molecule has 28 heavy (non-hydrogen) atoms. The van der Waals surface area contributed by atoms with Crippen molar-refractivity contribution < 1.29 is 13.2 Å². The van der Waals surface area contributed by atoms with Gasteiger partial charge in [0.1, 0.15) is 0 Å². The van der Waals surface area contributed by atoms with E-state index in [9.17, 15) is 13.2 Å². The summed E-state index contributed by atoms with van der Waals surface area (Å²) in [6.07, 6.45) is 3.31. The van der Waals surface area contributed by atoms with Crippen LogP contribution < -0.4 is 10.0 Å². The molecule has 0 radical (unpaired) electrons. The minimum Gasteiger partial charge on any atom is -0.349 e. The van der Waals surface area contributed by atoms with Gasteiger partial charge in [-0.25, -0.2) is 13.1 Å². The lowest BCUT2D eigenvalue weighted by molar-refractivity contribution is -0.126. The van der Waals surface area contributed by atoms with Crippen LogP contribution in [0.15, 0.2) is 65.6 Å². The van der Waals surface area contributed by atoms with Gasteiger partial charge in [-0.3, -0.25) is 4.79 Å². The Labute approximate surface area is 167 Å². The second kappa shape index (κ2) is 9.34. The molecule has 6 heteroatoms. The molecule has 0 bridgehead atoms. The summed E-state index contributed by atoms with van der Waals surface area (Å²) in [4.78, 5) is 12.9. The van der Waals surface area contributed by atoms with Crippen LogP contribution in [-0.4, -0.2) is 20.9 Å². The maximum atomic E-state index is 12.6. The molecule has 1 amide bonds. The zero-order valence-electron chi connectivity index (χ0n) is 16.2. The van der Waals surface area contributed by atoms with Crippen LogP contribution in [0.25, 0.3) is 0 Å². The molecule has 3 rings (SSSR count). The molecule has 0 spiro atoms. The third kappa shape index (κ3) is 5.42. The standard InChI is InChI=1S/C22H28N2O3S/c1-17(19-8-4-2-5-9-19)24-22(25)20-14-12-18(13-15-20)16-23-28(26,27)21-10-6-3-7-11-21/h2-11,17-18,20,23H,12-16H2,1H3,(H,24,25)/t17-,18?,20?/m0/s1. The number of carbonyl (C=O) groups excluding carboxylic acids is 1. The van der Waals surface area contributed by atoms with Crippen molar-refractivity contribution in [2.24, 2.45) is 11.8 Å². The normalized spacial score (nSPS) is 21.0. The van der Waals surface area contributed by atoms with Crippen LogP contribution in [0.5, 0.6) is 0 Å². The van der Waals surface area contributed by atoms with Gasteiger partial charge < -0.3 is 5.32 Å². The lowest BCUT2D eigenvalue weighted by Crippen LogP contribution is -2.37. The summed E-state index contributed by atoms with van der Waals surface area (Å²) >= 11 is 0. The number of hydrogen-bond donors (Lipinski definition) is 2. The van der Waals surface area contributed by atoms with Gasteiger partial charge in [-0.1, -0.05) is 48.5 Å². The number of hydrogen-bond acceptors (Lipinski definition) is 3. The summed E-state index contributed by atoms with van der Waals surface area (Å²) in [7, 11) is -3.47. The number of amides is 1. The molecule has 2 aromatic carbocycles. The Morgan fingerprint density at radius 2 is 1.54 bits per heavy atom. The van der Waals surface area contributed by atoms with E-state index in [1.807, 2.05) is 37.3 Å². The molecule has 0 unspecified atom stereocenters. The van der Waals surface area contributed by atoms with Crippen molar-refractivity contribution in [2.45, 2.75) is 43.5 Å². The lowest BCUT2D eigenvalue weighted by atomic mass is 9.81. The van der Waals surface area contributed by atoms with Gasteiger partial charge >= 0.3 is 0 Å². The summed E-state index contributed by atoms with van der Waals surface area (Å²) in [5.41, 5.74) is 1.10. The van der Waals surface area contributed by atoms with Gasteiger partial charge in [-0.05, 0) is 56.2 Å². The summed E-state index contributed by atoms with van der Waals surface area (Å²) < 4.78 is 27.4. The van der Waals surface area contributed by atoms with E-state index in [2.05, 4.69) is 10.0 Å². The Morgan fingerprint density at radius 3 is 2.14 bits per heavy atom. The fourth-order valence-electron chi connectivity index (χ4n) is 3.70. The molecule has 150 valence electrons. The smallest absolute Gasteiger partial charge is 0.240 e. The van der Waals surface area contributed by atoms with Gasteiger partial charge in [0, 0.05) is 12.5 Å². The highest BCUT2D eigenvalue weighted by Gasteiger charge is 2.28. The lowest BCUT2D eigenvalue weighted by Gasteiger charge is -2.29. The Morgan fingerprint density at radius 1 is 0.964 bits per heavy atom. The highest BCUT2D eigenvalue weighted by molar-refractivity contribution is 7.89. The molecule has 1 saturated carbocycles. The molecule has 2 aromatic rings. The van der Waals surface area contributed by atoms with E-state index >= 15 is 0 Å². The van der Waals surface area contributed by atoms with Crippen molar-refractivity contribution in [1.82, 2.24) is 10.0 Å². The van der Waals surface area contributed by atoms with E-state index in [1.54, 1.807) is 30.3 Å². The maximum Gasteiger partial charge on any atom is 0.240 e. The number of carbonyl (C=O) groups is 1. The van der Waals surface area contributed by atoms with E-state index in [-0.39, 0.29) is 28.7 Å². The van der Waals surface area contributed by atoms with E-state index < -0.39 is 10.0 Å². The molecule has 0 saturated heterocycles. The minimum atomic E-state index is -3.47. The second-order valence-corrected chi connectivity index (χ2v) is 9.29. The first-order valence-corrected chi connectivity index (χ1v) is 11.3. The number of benzene rings is 2. The van der Waals surface area contributed by atoms with Gasteiger partial charge in [0.25, 0.3) is 0 Å². The molecule has 1 aliphatic carbocycles. The van der Waals surface area contributed by atoms with Crippen molar-refractivity contribution in [3.05, 3.63) is 66.2 Å². The second-order valence-electron chi connectivity index (χ2n) is 7.52. The van der Waals surface area contributed by atoms with Crippen LogP contribution in [0.2, 0.25) is 0 Å². The SMILES string of the molecule is C[C@H](NC(=O)C1CCC(CNS(=O)(=O)c2ccccc2)CC1)c1ccccc1. The zero-order valence-corrected chi connectivity index (χ0v) is 17.0.